The number of carbonyl (C=O) groups excluding carboxylic acids is 1. The van der Waals surface area contributed by atoms with Gasteiger partial charge in [-0.1, -0.05) is 6.92 Å². The third kappa shape index (κ3) is 2.08. The summed E-state index contributed by atoms with van der Waals surface area (Å²) in [6.45, 7) is 6.21. The third-order valence-corrected chi connectivity index (χ3v) is 3.56. The van der Waals surface area contributed by atoms with Crippen molar-refractivity contribution in [2.24, 2.45) is 11.8 Å². The van der Waals surface area contributed by atoms with E-state index < -0.39 is 0 Å². The Balaban J connectivity index is 1.73. The Labute approximate surface area is 85.6 Å². The Kier molecular flexibility index (Phi) is 2.52. The van der Waals surface area contributed by atoms with Gasteiger partial charge in [0.15, 0.2) is 0 Å². The summed E-state index contributed by atoms with van der Waals surface area (Å²) in [5, 5.41) is 6.50. The zero-order chi connectivity index (χ0) is 10.2. The molecule has 3 atom stereocenters. The predicted octanol–water partition coefficient (Wildman–Crippen LogP) is 0.901. The maximum Gasteiger partial charge on any atom is 0.223 e. The number of hydrogen-bond donors (Lipinski definition) is 2. The fraction of sp³-hybridized carbons (Fsp3) is 0.909. The lowest BCUT2D eigenvalue weighted by atomic mass is 10.0. The van der Waals surface area contributed by atoms with Gasteiger partial charge in [0, 0.05) is 18.0 Å². The molecule has 1 saturated carbocycles. The molecule has 1 amide bonds. The van der Waals surface area contributed by atoms with Gasteiger partial charge in [0.05, 0.1) is 0 Å². The molecule has 1 saturated heterocycles. The lowest BCUT2D eigenvalue weighted by Gasteiger charge is -2.24. The van der Waals surface area contributed by atoms with Crippen LogP contribution in [0.25, 0.3) is 0 Å². The summed E-state index contributed by atoms with van der Waals surface area (Å²) in [5.41, 5.74) is 0.147. The van der Waals surface area contributed by atoms with E-state index in [-0.39, 0.29) is 11.4 Å². The van der Waals surface area contributed by atoms with Gasteiger partial charge in [-0.25, -0.2) is 0 Å². The maximum atomic E-state index is 11.6. The lowest BCUT2D eigenvalue weighted by molar-refractivity contribution is -0.122. The van der Waals surface area contributed by atoms with Crippen molar-refractivity contribution >= 4 is 5.91 Å². The molecule has 2 rings (SSSR count). The molecule has 1 aliphatic heterocycles. The van der Waals surface area contributed by atoms with E-state index in [2.05, 4.69) is 24.5 Å². The molecule has 0 spiro atoms. The highest BCUT2D eigenvalue weighted by molar-refractivity contribution is 5.81. The van der Waals surface area contributed by atoms with Crippen LogP contribution in [-0.2, 0) is 4.79 Å². The SMILES string of the molecule is CC1CC1C(=O)NCC1(C)CCCN1. The van der Waals surface area contributed by atoms with Gasteiger partial charge in [0.25, 0.3) is 0 Å². The van der Waals surface area contributed by atoms with E-state index in [0.717, 1.165) is 19.5 Å². The number of rotatable bonds is 3. The zero-order valence-electron chi connectivity index (χ0n) is 9.10. The van der Waals surface area contributed by atoms with Crippen molar-refractivity contribution < 1.29 is 4.79 Å². The van der Waals surface area contributed by atoms with Gasteiger partial charge in [-0.2, -0.15) is 0 Å². The zero-order valence-corrected chi connectivity index (χ0v) is 9.10. The summed E-state index contributed by atoms with van der Waals surface area (Å²) in [6, 6.07) is 0. The second kappa shape index (κ2) is 3.54. The van der Waals surface area contributed by atoms with E-state index in [9.17, 15) is 4.79 Å². The molecule has 0 aromatic rings. The molecule has 2 fully saturated rings. The highest BCUT2D eigenvalue weighted by Gasteiger charge is 2.39. The van der Waals surface area contributed by atoms with Crippen LogP contribution in [0.4, 0.5) is 0 Å². The van der Waals surface area contributed by atoms with Crippen molar-refractivity contribution in [1.82, 2.24) is 10.6 Å². The standard InChI is InChI=1S/C11H20N2O/c1-8-6-9(8)10(14)12-7-11(2)4-3-5-13-11/h8-9,13H,3-7H2,1-2H3,(H,12,14). The van der Waals surface area contributed by atoms with Gasteiger partial charge in [0.2, 0.25) is 5.91 Å². The lowest BCUT2D eigenvalue weighted by Crippen LogP contribution is -2.47. The molecule has 14 heavy (non-hydrogen) atoms. The smallest absolute Gasteiger partial charge is 0.223 e. The number of nitrogens with one attached hydrogen (secondary N) is 2. The minimum Gasteiger partial charge on any atom is -0.354 e. The van der Waals surface area contributed by atoms with E-state index in [4.69, 9.17) is 0 Å². The second-order valence-corrected chi connectivity index (χ2v) is 5.13. The fourth-order valence-electron chi connectivity index (χ4n) is 2.21. The second-order valence-electron chi connectivity index (χ2n) is 5.13. The van der Waals surface area contributed by atoms with Crippen LogP contribution >= 0.6 is 0 Å². The molecule has 3 nitrogen and oxygen atoms in total. The largest absolute Gasteiger partial charge is 0.354 e. The van der Waals surface area contributed by atoms with Gasteiger partial charge in [-0.3, -0.25) is 4.79 Å². The predicted molar refractivity (Wildman–Crippen MR) is 55.9 cm³/mol. The Bertz CT molecular complexity index is 233. The Morgan fingerprint density at radius 1 is 1.64 bits per heavy atom. The topological polar surface area (TPSA) is 41.1 Å². The molecule has 1 aliphatic carbocycles. The Morgan fingerprint density at radius 2 is 2.36 bits per heavy atom. The molecular weight excluding hydrogens is 176 g/mol. The summed E-state index contributed by atoms with van der Waals surface area (Å²) in [6.07, 6.45) is 3.48. The molecule has 2 N–H and O–H groups in total. The van der Waals surface area contributed by atoms with Crippen LogP contribution in [-0.4, -0.2) is 24.5 Å². The Hall–Kier alpha value is -0.570. The molecule has 2 aliphatic rings. The molecule has 80 valence electrons. The normalized spacial score (nSPS) is 41.0. The van der Waals surface area contributed by atoms with Crippen molar-refractivity contribution in [3.05, 3.63) is 0 Å². The van der Waals surface area contributed by atoms with E-state index in [0.29, 0.717) is 11.8 Å². The number of hydrogen-bond acceptors (Lipinski definition) is 2. The van der Waals surface area contributed by atoms with Gasteiger partial charge in [-0.05, 0) is 38.6 Å². The Morgan fingerprint density at radius 3 is 2.86 bits per heavy atom. The fourth-order valence-corrected chi connectivity index (χ4v) is 2.21. The van der Waals surface area contributed by atoms with Crippen LogP contribution in [0.15, 0.2) is 0 Å². The molecule has 3 heteroatoms. The summed E-state index contributed by atoms with van der Waals surface area (Å²) in [4.78, 5) is 11.6. The van der Waals surface area contributed by atoms with Crippen molar-refractivity contribution in [2.45, 2.75) is 38.6 Å². The molecular formula is C11H20N2O. The number of amides is 1. The van der Waals surface area contributed by atoms with Crippen LogP contribution in [0.2, 0.25) is 0 Å². The van der Waals surface area contributed by atoms with Gasteiger partial charge in [-0.15, -0.1) is 0 Å². The molecule has 0 aromatic carbocycles. The summed E-state index contributed by atoms with van der Waals surface area (Å²) >= 11 is 0. The third-order valence-electron chi connectivity index (χ3n) is 3.56. The molecule has 0 aromatic heterocycles. The summed E-state index contributed by atoms with van der Waals surface area (Å²) < 4.78 is 0. The average molecular weight is 196 g/mol. The van der Waals surface area contributed by atoms with Crippen molar-refractivity contribution in [3.8, 4) is 0 Å². The van der Waals surface area contributed by atoms with E-state index in [1.54, 1.807) is 0 Å². The maximum absolute atomic E-state index is 11.6. The van der Waals surface area contributed by atoms with Crippen LogP contribution in [0.5, 0.6) is 0 Å². The average Bonchev–Trinajstić information content (AvgIpc) is 2.71. The minimum atomic E-state index is 0.147. The van der Waals surface area contributed by atoms with Crippen molar-refractivity contribution in [3.63, 3.8) is 0 Å². The summed E-state index contributed by atoms with van der Waals surface area (Å²) in [7, 11) is 0. The number of carbonyl (C=O) groups is 1. The van der Waals surface area contributed by atoms with Crippen LogP contribution in [0, 0.1) is 11.8 Å². The van der Waals surface area contributed by atoms with Gasteiger partial charge >= 0.3 is 0 Å². The van der Waals surface area contributed by atoms with Crippen LogP contribution < -0.4 is 10.6 Å². The first-order valence-corrected chi connectivity index (χ1v) is 5.63. The van der Waals surface area contributed by atoms with Crippen molar-refractivity contribution in [2.75, 3.05) is 13.1 Å². The molecule has 1 heterocycles. The molecule has 3 unspecified atom stereocenters. The first-order chi connectivity index (χ1) is 6.61. The van der Waals surface area contributed by atoms with Crippen molar-refractivity contribution in [1.29, 1.82) is 0 Å². The van der Waals surface area contributed by atoms with E-state index in [1.165, 1.54) is 12.8 Å². The quantitative estimate of drug-likeness (QED) is 0.704. The van der Waals surface area contributed by atoms with Gasteiger partial charge in [0.1, 0.15) is 0 Å². The molecule has 0 bridgehead atoms. The highest BCUT2D eigenvalue weighted by Crippen LogP contribution is 2.37. The van der Waals surface area contributed by atoms with Gasteiger partial charge < -0.3 is 10.6 Å². The molecule has 0 radical (unpaired) electrons. The van der Waals surface area contributed by atoms with E-state index in [1.807, 2.05) is 0 Å². The highest BCUT2D eigenvalue weighted by atomic mass is 16.2. The van der Waals surface area contributed by atoms with E-state index >= 15 is 0 Å². The van der Waals surface area contributed by atoms with Crippen LogP contribution in [0.3, 0.4) is 0 Å². The minimum absolute atomic E-state index is 0.147. The first kappa shape index (κ1) is 9.97. The monoisotopic (exact) mass is 196 g/mol. The first-order valence-electron chi connectivity index (χ1n) is 5.63. The van der Waals surface area contributed by atoms with Crippen LogP contribution in [0.1, 0.15) is 33.1 Å². The summed E-state index contributed by atoms with van der Waals surface area (Å²) in [5.74, 6) is 1.17.